The number of methoxy groups -OCH3 is 1. The Labute approximate surface area is 84.4 Å². The van der Waals surface area contributed by atoms with E-state index in [1.54, 1.807) is 7.11 Å². The summed E-state index contributed by atoms with van der Waals surface area (Å²) in [5, 5.41) is 0. The monoisotopic (exact) mass is 186 g/mol. The van der Waals surface area contributed by atoms with E-state index in [9.17, 15) is 0 Å². The van der Waals surface area contributed by atoms with Gasteiger partial charge in [-0.05, 0) is 42.0 Å². The van der Waals surface area contributed by atoms with Crippen LogP contribution in [0.1, 0.15) is 23.5 Å². The predicted molar refractivity (Wildman–Crippen MR) is 56.7 cm³/mol. The maximum atomic E-state index is 5.26. The zero-order valence-corrected chi connectivity index (χ0v) is 8.36. The van der Waals surface area contributed by atoms with E-state index < -0.39 is 0 Å². The van der Waals surface area contributed by atoms with E-state index in [0.29, 0.717) is 5.92 Å². The van der Waals surface area contributed by atoms with Crippen LogP contribution in [-0.2, 0) is 6.42 Å². The van der Waals surface area contributed by atoms with Gasteiger partial charge in [0.1, 0.15) is 5.75 Å². The first-order valence-corrected chi connectivity index (χ1v) is 5.22. The molecule has 0 radical (unpaired) electrons. The van der Waals surface area contributed by atoms with Crippen molar-refractivity contribution in [3.05, 3.63) is 41.5 Å². The van der Waals surface area contributed by atoms with Crippen molar-refractivity contribution in [1.29, 1.82) is 0 Å². The van der Waals surface area contributed by atoms with E-state index in [-0.39, 0.29) is 0 Å². The molecule has 2 aliphatic rings. The third-order valence-corrected chi connectivity index (χ3v) is 3.48. The van der Waals surface area contributed by atoms with Crippen LogP contribution in [0.5, 0.6) is 5.75 Å². The number of benzene rings is 1. The molecule has 0 saturated carbocycles. The molecule has 0 unspecified atom stereocenters. The van der Waals surface area contributed by atoms with Gasteiger partial charge in [0.05, 0.1) is 7.11 Å². The Balaban J connectivity index is 2.07. The molecule has 14 heavy (non-hydrogen) atoms. The maximum Gasteiger partial charge on any atom is 0.119 e. The minimum absolute atomic E-state index is 0.667. The second-order valence-corrected chi connectivity index (χ2v) is 4.22. The van der Waals surface area contributed by atoms with Gasteiger partial charge in [-0.15, -0.1) is 0 Å². The number of hydrogen-bond donors (Lipinski definition) is 0. The molecule has 0 saturated heterocycles. The third kappa shape index (κ3) is 1.02. The quantitative estimate of drug-likeness (QED) is 0.613. The van der Waals surface area contributed by atoms with Crippen LogP contribution in [0.25, 0.3) is 0 Å². The highest BCUT2D eigenvalue weighted by molar-refractivity contribution is 5.45. The summed E-state index contributed by atoms with van der Waals surface area (Å²) < 4.78 is 5.26. The van der Waals surface area contributed by atoms with Crippen molar-refractivity contribution in [3.63, 3.8) is 0 Å². The fraction of sp³-hybridized carbons (Fsp3) is 0.385. The summed E-state index contributed by atoms with van der Waals surface area (Å²) in [6.07, 6.45) is 7.17. The number of rotatable bonds is 1. The zero-order valence-electron chi connectivity index (χ0n) is 8.36. The van der Waals surface area contributed by atoms with E-state index in [2.05, 4.69) is 30.4 Å². The summed E-state index contributed by atoms with van der Waals surface area (Å²) in [6, 6.07) is 6.50. The second-order valence-electron chi connectivity index (χ2n) is 4.22. The highest BCUT2D eigenvalue weighted by atomic mass is 16.5. The van der Waals surface area contributed by atoms with Crippen LogP contribution < -0.4 is 4.74 Å². The van der Waals surface area contributed by atoms with E-state index in [0.717, 1.165) is 11.7 Å². The fourth-order valence-corrected chi connectivity index (χ4v) is 2.75. The summed E-state index contributed by atoms with van der Waals surface area (Å²) in [5.41, 5.74) is 3.01. The Morgan fingerprint density at radius 3 is 3.14 bits per heavy atom. The topological polar surface area (TPSA) is 9.23 Å². The highest BCUT2D eigenvalue weighted by Crippen LogP contribution is 2.45. The first-order chi connectivity index (χ1) is 6.88. The van der Waals surface area contributed by atoms with Gasteiger partial charge in [0.25, 0.3) is 0 Å². The third-order valence-electron chi connectivity index (χ3n) is 3.48. The lowest BCUT2D eigenvalue weighted by Gasteiger charge is -2.09. The van der Waals surface area contributed by atoms with Crippen molar-refractivity contribution in [1.82, 2.24) is 0 Å². The number of hydrogen-bond acceptors (Lipinski definition) is 1. The Hall–Kier alpha value is -1.24. The molecule has 0 amide bonds. The van der Waals surface area contributed by atoms with Gasteiger partial charge in [0.15, 0.2) is 0 Å². The van der Waals surface area contributed by atoms with E-state index in [1.165, 1.54) is 24.0 Å². The van der Waals surface area contributed by atoms with Crippen LogP contribution in [0, 0.1) is 5.92 Å². The van der Waals surface area contributed by atoms with Gasteiger partial charge in [-0.3, -0.25) is 0 Å². The molecule has 2 atom stereocenters. The predicted octanol–water partition coefficient (Wildman–Crippen LogP) is 2.91. The van der Waals surface area contributed by atoms with E-state index >= 15 is 0 Å². The van der Waals surface area contributed by atoms with Gasteiger partial charge in [0.2, 0.25) is 0 Å². The van der Waals surface area contributed by atoms with E-state index in [4.69, 9.17) is 4.74 Å². The second kappa shape index (κ2) is 2.88. The summed E-state index contributed by atoms with van der Waals surface area (Å²) in [7, 11) is 1.73. The smallest absolute Gasteiger partial charge is 0.119 e. The van der Waals surface area contributed by atoms with Gasteiger partial charge >= 0.3 is 0 Å². The Morgan fingerprint density at radius 1 is 1.36 bits per heavy atom. The average molecular weight is 186 g/mol. The van der Waals surface area contributed by atoms with Crippen molar-refractivity contribution in [2.24, 2.45) is 5.92 Å². The number of fused-ring (bicyclic) bond motifs is 3. The molecule has 72 valence electrons. The largest absolute Gasteiger partial charge is 0.497 e. The minimum Gasteiger partial charge on any atom is -0.497 e. The highest BCUT2D eigenvalue weighted by Gasteiger charge is 2.32. The van der Waals surface area contributed by atoms with Gasteiger partial charge in [0, 0.05) is 5.92 Å². The lowest BCUT2D eigenvalue weighted by atomic mass is 9.96. The Kier molecular flexibility index (Phi) is 1.66. The molecule has 3 rings (SSSR count). The maximum absolute atomic E-state index is 5.26. The van der Waals surface area contributed by atoms with Crippen molar-refractivity contribution >= 4 is 0 Å². The van der Waals surface area contributed by atoms with Crippen LogP contribution >= 0.6 is 0 Å². The first kappa shape index (κ1) is 8.10. The molecule has 1 heteroatoms. The van der Waals surface area contributed by atoms with Crippen molar-refractivity contribution in [3.8, 4) is 5.75 Å². The normalized spacial score (nSPS) is 27.5. The summed E-state index contributed by atoms with van der Waals surface area (Å²) in [6.45, 7) is 0. The SMILES string of the molecule is COc1ccc2c(c1)[C@H]1C=CC[C@H]1C2. The molecule has 0 spiro atoms. The molecule has 1 aromatic rings. The van der Waals surface area contributed by atoms with Gasteiger partial charge < -0.3 is 4.74 Å². The van der Waals surface area contributed by atoms with Crippen molar-refractivity contribution < 1.29 is 4.74 Å². The fourth-order valence-electron chi connectivity index (χ4n) is 2.75. The lowest BCUT2D eigenvalue weighted by molar-refractivity contribution is 0.414. The van der Waals surface area contributed by atoms with Gasteiger partial charge in [-0.2, -0.15) is 0 Å². The molecule has 0 N–H and O–H groups in total. The number of allylic oxidation sites excluding steroid dienone is 2. The molecule has 0 bridgehead atoms. The van der Waals surface area contributed by atoms with Crippen LogP contribution in [0.4, 0.5) is 0 Å². The van der Waals surface area contributed by atoms with Gasteiger partial charge in [-0.25, -0.2) is 0 Å². The standard InChI is InChI=1S/C13H14O/c1-14-11-6-5-10-7-9-3-2-4-12(9)13(10)8-11/h2,4-6,8-9,12H,3,7H2,1H3/t9-,12-/m0/s1. The Bertz CT molecular complexity index is 392. The van der Waals surface area contributed by atoms with E-state index in [1.807, 2.05) is 0 Å². The zero-order chi connectivity index (χ0) is 9.54. The number of ether oxygens (including phenoxy) is 1. The molecular formula is C13H14O. The lowest BCUT2D eigenvalue weighted by Crippen LogP contribution is -1.98. The summed E-state index contributed by atoms with van der Waals surface area (Å²) >= 11 is 0. The van der Waals surface area contributed by atoms with Crippen LogP contribution in [0.3, 0.4) is 0 Å². The van der Waals surface area contributed by atoms with Crippen LogP contribution in [0.2, 0.25) is 0 Å². The van der Waals surface area contributed by atoms with Gasteiger partial charge in [-0.1, -0.05) is 18.2 Å². The molecule has 1 nitrogen and oxygen atoms in total. The molecular weight excluding hydrogens is 172 g/mol. The van der Waals surface area contributed by atoms with Crippen molar-refractivity contribution in [2.45, 2.75) is 18.8 Å². The molecule has 0 heterocycles. The molecule has 0 aliphatic heterocycles. The first-order valence-electron chi connectivity index (χ1n) is 5.22. The Morgan fingerprint density at radius 2 is 2.29 bits per heavy atom. The van der Waals surface area contributed by atoms with Crippen molar-refractivity contribution in [2.75, 3.05) is 7.11 Å². The summed E-state index contributed by atoms with van der Waals surface area (Å²) in [5.74, 6) is 2.49. The molecule has 0 fully saturated rings. The van der Waals surface area contributed by atoms with Crippen LogP contribution in [0.15, 0.2) is 30.4 Å². The average Bonchev–Trinajstić information content (AvgIpc) is 2.76. The minimum atomic E-state index is 0.667. The molecule has 0 aromatic heterocycles. The molecule has 2 aliphatic carbocycles. The van der Waals surface area contributed by atoms with Crippen LogP contribution in [-0.4, -0.2) is 7.11 Å². The summed E-state index contributed by atoms with van der Waals surface area (Å²) in [4.78, 5) is 0. The molecule has 1 aromatic carbocycles.